The molecule has 3 fully saturated rings. The summed E-state index contributed by atoms with van der Waals surface area (Å²) in [5.74, 6) is 1.20. The molecule has 4 heteroatoms. The molecule has 142 valence electrons. The van der Waals surface area contributed by atoms with Crippen LogP contribution >= 0.6 is 0 Å². The second-order valence-electron chi connectivity index (χ2n) is 8.95. The van der Waals surface area contributed by atoms with Crippen LogP contribution < -0.4 is 0 Å². The van der Waals surface area contributed by atoms with Crippen molar-refractivity contribution >= 4 is 5.91 Å². The predicted octanol–water partition coefficient (Wildman–Crippen LogP) is 3.52. The van der Waals surface area contributed by atoms with Crippen LogP contribution in [0.2, 0.25) is 0 Å². The molecule has 1 unspecified atom stereocenters. The van der Waals surface area contributed by atoms with Crippen LogP contribution in [-0.2, 0) is 11.2 Å². The van der Waals surface area contributed by atoms with E-state index in [0.717, 1.165) is 24.6 Å². The minimum Gasteiger partial charge on any atom is -0.342 e. The smallest absolute Gasteiger partial charge is 0.227 e. The number of hydrogen-bond donors (Lipinski definition) is 0. The summed E-state index contributed by atoms with van der Waals surface area (Å²) in [5, 5.41) is 0. The summed E-state index contributed by atoms with van der Waals surface area (Å²) in [6.07, 6.45) is 15.0. The summed E-state index contributed by atoms with van der Waals surface area (Å²) >= 11 is 0. The molecule has 1 amide bonds. The quantitative estimate of drug-likeness (QED) is 0.829. The lowest BCUT2D eigenvalue weighted by Gasteiger charge is -2.42. The van der Waals surface area contributed by atoms with Crippen LogP contribution in [0.25, 0.3) is 0 Å². The number of carbonyl (C=O) groups excluding carboxylic acids is 1. The molecule has 2 saturated heterocycles. The number of amides is 1. The fourth-order valence-corrected chi connectivity index (χ4v) is 5.47. The van der Waals surface area contributed by atoms with Gasteiger partial charge in [-0.05, 0) is 56.2 Å². The predicted molar refractivity (Wildman–Crippen MR) is 104 cm³/mol. The standard InChI is InChI=1S/C22H33N3O/c26-21(14-20-8-4-11-23-15-20)25-13-10-22(18-25)9-5-12-24(17-22)16-19-6-2-1-3-7-19/h4,8,11,15,19H,1-3,5-7,9-10,12-14,16-18H2. The van der Waals surface area contributed by atoms with E-state index in [9.17, 15) is 4.79 Å². The van der Waals surface area contributed by atoms with Gasteiger partial charge in [0.25, 0.3) is 0 Å². The summed E-state index contributed by atoms with van der Waals surface area (Å²) in [6, 6.07) is 3.92. The third-order valence-electron chi connectivity index (χ3n) is 6.85. The molecule has 4 nitrogen and oxygen atoms in total. The van der Waals surface area contributed by atoms with Crippen LogP contribution in [0.4, 0.5) is 0 Å². The molecule has 1 aromatic heterocycles. The van der Waals surface area contributed by atoms with Crippen LogP contribution in [0.3, 0.4) is 0 Å². The molecule has 3 heterocycles. The van der Waals surface area contributed by atoms with Crippen molar-refractivity contribution in [2.24, 2.45) is 11.3 Å². The Morgan fingerprint density at radius 3 is 2.81 bits per heavy atom. The highest BCUT2D eigenvalue weighted by molar-refractivity contribution is 5.79. The van der Waals surface area contributed by atoms with E-state index in [1.165, 1.54) is 71.0 Å². The van der Waals surface area contributed by atoms with Gasteiger partial charge < -0.3 is 9.80 Å². The highest BCUT2D eigenvalue weighted by Gasteiger charge is 2.42. The van der Waals surface area contributed by atoms with E-state index in [-0.39, 0.29) is 5.91 Å². The first-order valence-corrected chi connectivity index (χ1v) is 10.6. The Labute approximate surface area is 158 Å². The molecule has 2 aliphatic heterocycles. The molecule has 1 aliphatic carbocycles. The minimum absolute atomic E-state index is 0.277. The number of pyridine rings is 1. The molecule has 0 aromatic carbocycles. The van der Waals surface area contributed by atoms with Crippen LogP contribution in [0, 0.1) is 11.3 Å². The second kappa shape index (κ2) is 8.08. The van der Waals surface area contributed by atoms with Crippen molar-refractivity contribution in [3.63, 3.8) is 0 Å². The number of rotatable bonds is 4. The second-order valence-corrected chi connectivity index (χ2v) is 8.95. The maximum Gasteiger partial charge on any atom is 0.227 e. The maximum absolute atomic E-state index is 12.7. The molecule has 1 saturated carbocycles. The monoisotopic (exact) mass is 355 g/mol. The van der Waals surface area contributed by atoms with Crippen molar-refractivity contribution in [1.82, 2.24) is 14.8 Å². The molecule has 3 aliphatic rings. The third-order valence-corrected chi connectivity index (χ3v) is 6.85. The van der Waals surface area contributed by atoms with Gasteiger partial charge >= 0.3 is 0 Å². The van der Waals surface area contributed by atoms with E-state index >= 15 is 0 Å². The SMILES string of the molecule is O=C(Cc1cccnc1)N1CCC2(CCCN(CC3CCCCC3)C2)C1. The zero-order chi connectivity index (χ0) is 17.8. The van der Waals surface area contributed by atoms with Crippen molar-refractivity contribution in [1.29, 1.82) is 0 Å². The Bertz CT molecular complexity index is 599. The summed E-state index contributed by atoms with van der Waals surface area (Å²) in [5.41, 5.74) is 1.39. The van der Waals surface area contributed by atoms with Gasteiger partial charge in [0.15, 0.2) is 0 Å². The molecule has 0 N–H and O–H groups in total. The van der Waals surface area contributed by atoms with Crippen LogP contribution in [-0.4, -0.2) is 53.4 Å². The normalized spacial score (nSPS) is 27.9. The van der Waals surface area contributed by atoms with E-state index in [0.29, 0.717) is 11.8 Å². The molecular formula is C22H33N3O. The largest absolute Gasteiger partial charge is 0.342 e. The van der Waals surface area contributed by atoms with Gasteiger partial charge in [-0.15, -0.1) is 0 Å². The van der Waals surface area contributed by atoms with Crippen molar-refractivity contribution < 1.29 is 4.79 Å². The van der Waals surface area contributed by atoms with Crippen molar-refractivity contribution in [2.45, 2.75) is 57.8 Å². The number of carbonyl (C=O) groups is 1. The van der Waals surface area contributed by atoms with Gasteiger partial charge in [0.05, 0.1) is 6.42 Å². The Morgan fingerprint density at radius 2 is 2.00 bits per heavy atom. The summed E-state index contributed by atoms with van der Waals surface area (Å²) in [6.45, 7) is 5.68. The van der Waals surface area contributed by atoms with E-state index in [1.54, 1.807) is 6.20 Å². The van der Waals surface area contributed by atoms with Gasteiger partial charge in [0.1, 0.15) is 0 Å². The van der Waals surface area contributed by atoms with Gasteiger partial charge in [-0.25, -0.2) is 0 Å². The molecule has 0 bridgehead atoms. The lowest BCUT2D eigenvalue weighted by atomic mass is 9.78. The number of piperidine rings is 1. The fraction of sp³-hybridized carbons (Fsp3) is 0.727. The molecule has 1 spiro atoms. The summed E-state index contributed by atoms with van der Waals surface area (Å²) in [7, 11) is 0. The van der Waals surface area contributed by atoms with Crippen LogP contribution in [0.5, 0.6) is 0 Å². The average Bonchev–Trinajstić information content (AvgIpc) is 3.07. The molecule has 0 radical (unpaired) electrons. The lowest BCUT2D eigenvalue weighted by molar-refractivity contribution is -0.130. The van der Waals surface area contributed by atoms with Gasteiger partial charge in [0, 0.05) is 44.0 Å². The van der Waals surface area contributed by atoms with Gasteiger partial charge in [0.2, 0.25) is 5.91 Å². The van der Waals surface area contributed by atoms with E-state index in [4.69, 9.17) is 0 Å². The van der Waals surface area contributed by atoms with Crippen LogP contribution in [0.1, 0.15) is 56.9 Å². The van der Waals surface area contributed by atoms with Gasteiger partial charge in [-0.1, -0.05) is 25.3 Å². The maximum atomic E-state index is 12.7. The molecule has 26 heavy (non-hydrogen) atoms. The summed E-state index contributed by atoms with van der Waals surface area (Å²) < 4.78 is 0. The Balaban J connectivity index is 1.31. The molecule has 1 aromatic rings. The Morgan fingerprint density at radius 1 is 1.12 bits per heavy atom. The first-order chi connectivity index (χ1) is 12.7. The van der Waals surface area contributed by atoms with E-state index < -0.39 is 0 Å². The zero-order valence-corrected chi connectivity index (χ0v) is 16.0. The number of likely N-dealkylation sites (tertiary alicyclic amines) is 2. The number of aromatic nitrogens is 1. The van der Waals surface area contributed by atoms with Crippen molar-refractivity contribution in [3.8, 4) is 0 Å². The average molecular weight is 356 g/mol. The molecular weight excluding hydrogens is 322 g/mol. The molecule has 4 rings (SSSR count). The minimum atomic E-state index is 0.277. The highest BCUT2D eigenvalue weighted by atomic mass is 16.2. The Hall–Kier alpha value is -1.42. The molecule has 1 atom stereocenters. The summed E-state index contributed by atoms with van der Waals surface area (Å²) in [4.78, 5) is 21.7. The van der Waals surface area contributed by atoms with Gasteiger partial charge in [-0.3, -0.25) is 9.78 Å². The van der Waals surface area contributed by atoms with E-state index in [2.05, 4.69) is 14.8 Å². The lowest BCUT2D eigenvalue weighted by Crippen LogP contribution is -2.47. The number of hydrogen-bond acceptors (Lipinski definition) is 3. The first-order valence-electron chi connectivity index (χ1n) is 10.6. The Kier molecular flexibility index (Phi) is 5.58. The van der Waals surface area contributed by atoms with Gasteiger partial charge in [-0.2, -0.15) is 0 Å². The topological polar surface area (TPSA) is 36.4 Å². The third kappa shape index (κ3) is 4.28. The zero-order valence-electron chi connectivity index (χ0n) is 16.0. The fourth-order valence-electron chi connectivity index (χ4n) is 5.47. The first kappa shape index (κ1) is 18.0. The van der Waals surface area contributed by atoms with E-state index in [1.807, 2.05) is 18.3 Å². The van der Waals surface area contributed by atoms with Crippen molar-refractivity contribution in [2.75, 3.05) is 32.7 Å². The van der Waals surface area contributed by atoms with Crippen molar-refractivity contribution in [3.05, 3.63) is 30.1 Å². The highest BCUT2D eigenvalue weighted by Crippen LogP contribution is 2.40. The number of nitrogens with zero attached hydrogens (tertiary/aromatic N) is 3. The van der Waals surface area contributed by atoms with Crippen LogP contribution in [0.15, 0.2) is 24.5 Å².